The fourth-order valence-corrected chi connectivity index (χ4v) is 4.05. The van der Waals surface area contributed by atoms with Gasteiger partial charge in [0.15, 0.2) is 5.43 Å². The summed E-state index contributed by atoms with van der Waals surface area (Å²) in [6, 6.07) is 18.6. The molecule has 0 fully saturated rings. The van der Waals surface area contributed by atoms with Gasteiger partial charge in [0.05, 0.1) is 23.6 Å². The molecule has 1 aromatic heterocycles. The minimum absolute atomic E-state index is 0.202. The molecule has 0 aliphatic carbocycles. The summed E-state index contributed by atoms with van der Waals surface area (Å²) in [5.74, 6) is -0.545. The van der Waals surface area contributed by atoms with Gasteiger partial charge in [-0.3, -0.25) is 24.1 Å². The van der Waals surface area contributed by atoms with Gasteiger partial charge in [-0.1, -0.05) is 12.1 Å². The molecule has 3 aromatic carbocycles. The lowest BCUT2D eigenvalue weighted by Crippen LogP contribution is -2.45. The molecule has 0 saturated carbocycles. The van der Waals surface area contributed by atoms with Crippen LogP contribution in [-0.4, -0.2) is 35.8 Å². The van der Waals surface area contributed by atoms with Crippen molar-refractivity contribution in [2.75, 3.05) is 12.4 Å². The summed E-state index contributed by atoms with van der Waals surface area (Å²) in [6.07, 6.45) is 0. The van der Waals surface area contributed by atoms with Gasteiger partial charge in [0.1, 0.15) is 23.1 Å². The normalized spacial score (nSPS) is 13.6. The third-order valence-corrected chi connectivity index (χ3v) is 5.96. The van der Waals surface area contributed by atoms with E-state index in [2.05, 4.69) is 5.32 Å². The van der Waals surface area contributed by atoms with E-state index in [-0.39, 0.29) is 16.6 Å². The van der Waals surface area contributed by atoms with Crippen LogP contribution in [0.15, 0.2) is 82.0 Å². The lowest BCUT2D eigenvalue weighted by molar-refractivity contribution is -0.119. The van der Waals surface area contributed by atoms with Gasteiger partial charge in [-0.2, -0.15) is 0 Å². The van der Waals surface area contributed by atoms with Gasteiger partial charge in [-0.15, -0.1) is 0 Å². The molecule has 1 unspecified atom stereocenters. The maximum Gasteiger partial charge on any atom is 0.262 e. The third-order valence-electron chi connectivity index (χ3n) is 5.96. The van der Waals surface area contributed by atoms with E-state index < -0.39 is 23.8 Å². The van der Waals surface area contributed by atoms with Crippen molar-refractivity contribution in [3.05, 3.63) is 94.1 Å². The van der Waals surface area contributed by atoms with Crippen molar-refractivity contribution in [1.29, 1.82) is 0 Å². The van der Waals surface area contributed by atoms with Gasteiger partial charge < -0.3 is 14.5 Å². The molecule has 2 heterocycles. The number of imide groups is 1. The van der Waals surface area contributed by atoms with E-state index in [0.717, 1.165) is 4.90 Å². The summed E-state index contributed by atoms with van der Waals surface area (Å²) in [4.78, 5) is 51.6. The molecule has 0 saturated heterocycles. The van der Waals surface area contributed by atoms with Crippen LogP contribution in [0, 0.1) is 0 Å². The Kier molecular flexibility index (Phi) is 5.41. The number of hydrogen-bond donors (Lipinski definition) is 1. The molecule has 3 amide bonds. The van der Waals surface area contributed by atoms with Crippen LogP contribution < -0.4 is 15.5 Å². The predicted molar refractivity (Wildman–Crippen MR) is 130 cm³/mol. The number of nitrogens with one attached hydrogen (secondary N) is 1. The van der Waals surface area contributed by atoms with Gasteiger partial charge >= 0.3 is 0 Å². The number of nitrogens with zero attached hydrogens (tertiary/aromatic N) is 1. The second-order valence-corrected chi connectivity index (χ2v) is 8.11. The molecule has 8 heteroatoms. The number of methoxy groups -OCH3 is 1. The quantitative estimate of drug-likeness (QED) is 0.442. The minimum atomic E-state index is -1.00. The molecule has 1 aliphatic heterocycles. The monoisotopic (exact) mass is 468 g/mol. The number of carbonyl (C=O) groups excluding carboxylic acids is 3. The van der Waals surface area contributed by atoms with Crippen molar-refractivity contribution in [1.82, 2.24) is 4.90 Å². The van der Waals surface area contributed by atoms with Crippen LogP contribution in [-0.2, 0) is 4.79 Å². The number of rotatable bonds is 5. The first kappa shape index (κ1) is 22.1. The zero-order chi connectivity index (χ0) is 24.7. The Balaban J connectivity index is 1.33. The van der Waals surface area contributed by atoms with Gasteiger partial charge in [-0.05, 0) is 61.5 Å². The number of benzene rings is 3. The highest BCUT2D eigenvalue weighted by Gasteiger charge is 2.40. The van der Waals surface area contributed by atoms with E-state index in [1.165, 1.54) is 20.1 Å². The first-order valence-corrected chi connectivity index (χ1v) is 10.9. The predicted octanol–water partition coefficient (Wildman–Crippen LogP) is 4.09. The number of hydrogen-bond acceptors (Lipinski definition) is 6. The Labute approximate surface area is 199 Å². The molecule has 5 rings (SSSR count). The van der Waals surface area contributed by atoms with E-state index in [0.29, 0.717) is 33.7 Å². The van der Waals surface area contributed by atoms with Crippen LogP contribution in [0.5, 0.6) is 5.75 Å². The third kappa shape index (κ3) is 3.85. The molecule has 0 bridgehead atoms. The van der Waals surface area contributed by atoms with Gasteiger partial charge in [0.2, 0.25) is 5.91 Å². The molecule has 35 heavy (non-hydrogen) atoms. The van der Waals surface area contributed by atoms with E-state index in [1.54, 1.807) is 66.7 Å². The molecule has 4 aromatic rings. The summed E-state index contributed by atoms with van der Waals surface area (Å²) >= 11 is 0. The number of anilines is 1. The lowest BCUT2D eigenvalue weighted by Gasteiger charge is -2.21. The van der Waals surface area contributed by atoms with Gasteiger partial charge in [0.25, 0.3) is 11.8 Å². The number of amides is 3. The van der Waals surface area contributed by atoms with Crippen molar-refractivity contribution >= 4 is 34.4 Å². The van der Waals surface area contributed by atoms with Crippen molar-refractivity contribution in [2.45, 2.75) is 13.0 Å². The summed E-state index contributed by atoms with van der Waals surface area (Å²) in [5.41, 5.74) is 1.92. The van der Waals surface area contributed by atoms with E-state index >= 15 is 0 Å². The number of fused-ring (bicyclic) bond motifs is 2. The Bertz CT molecular complexity index is 1520. The molecule has 1 N–H and O–H groups in total. The fraction of sp³-hybridized carbons (Fsp3) is 0.111. The zero-order valence-electron chi connectivity index (χ0n) is 18.9. The first-order valence-electron chi connectivity index (χ1n) is 10.9. The van der Waals surface area contributed by atoms with E-state index in [4.69, 9.17) is 9.15 Å². The van der Waals surface area contributed by atoms with Crippen LogP contribution in [0.25, 0.3) is 22.3 Å². The Morgan fingerprint density at radius 3 is 2.20 bits per heavy atom. The Hall–Kier alpha value is -4.72. The van der Waals surface area contributed by atoms with Crippen molar-refractivity contribution < 1.29 is 23.5 Å². The van der Waals surface area contributed by atoms with Crippen LogP contribution >= 0.6 is 0 Å². The van der Waals surface area contributed by atoms with Crippen molar-refractivity contribution in [3.63, 3.8) is 0 Å². The molecule has 0 spiro atoms. The molecule has 1 aliphatic rings. The van der Waals surface area contributed by atoms with Crippen molar-refractivity contribution in [2.24, 2.45) is 0 Å². The average Bonchev–Trinajstić information content (AvgIpc) is 3.13. The average molecular weight is 468 g/mol. The first-order chi connectivity index (χ1) is 16.9. The van der Waals surface area contributed by atoms with E-state index in [1.807, 2.05) is 0 Å². The van der Waals surface area contributed by atoms with Gasteiger partial charge in [-0.25, -0.2) is 0 Å². The maximum atomic E-state index is 12.8. The summed E-state index contributed by atoms with van der Waals surface area (Å²) in [5, 5.41) is 3.14. The molecule has 8 nitrogen and oxygen atoms in total. The highest BCUT2D eigenvalue weighted by molar-refractivity contribution is 6.23. The summed E-state index contributed by atoms with van der Waals surface area (Å²) in [7, 11) is 1.53. The molecule has 0 radical (unpaired) electrons. The van der Waals surface area contributed by atoms with Crippen LogP contribution in [0.4, 0.5) is 5.69 Å². The highest BCUT2D eigenvalue weighted by atomic mass is 16.5. The van der Waals surface area contributed by atoms with Crippen LogP contribution in [0.2, 0.25) is 0 Å². The lowest BCUT2D eigenvalue weighted by atomic mass is 10.1. The zero-order valence-corrected chi connectivity index (χ0v) is 18.9. The van der Waals surface area contributed by atoms with Crippen LogP contribution in [0.3, 0.4) is 0 Å². The topological polar surface area (TPSA) is 106 Å². The molecule has 174 valence electrons. The summed E-state index contributed by atoms with van der Waals surface area (Å²) < 4.78 is 11.0. The minimum Gasteiger partial charge on any atom is -0.497 e. The Morgan fingerprint density at radius 2 is 1.57 bits per heavy atom. The number of carbonyl (C=O) groups is 3. The van der Waals surface area contributed by atoms with Crippen LogP contribution in [0.1, 0.15) is 27.6 Å². The fourth-order valence-electron chi connectivity index (χ4n) is 4.05. The summed E-state index contributed by atoms with van der Waals surface area (Å²) in [6.45, 7) is 1.50. The number of ether oxygens (including phenoxy) is 1. The molecular weight excluding hydrogens is 448 g/mol. The molecular formula is C27H20N2O6. The van der Waals surface area contributed by atoms with Gasteiger partial charge in [0, 0.05) is 17.3 Å². The van der Waals surface area contributed by atoms with E-state index in [9.17, 15) is 19.2 Å². The Morgan fingerprint density at radius 1 is 0.914 bits per heavy atom. The van der Waals surface area contributed by atoms with Crippen molar-refractivity contribution in [3.8, 4) is 17.1 Å². The SMILES string of the molecule is COc1ccc2oc(-c3ccc(NC(=O)C(C)N4C(=O)c5ccccc5C4=O)cc3)cc(=O)c2c1. The highest BCUT2D eigenvalue weighted by Crippen LogP contribution is 2.27. The second-order valence-electron chi connectivity index (χ2n) is 8.11. The second kappa shape index (κ2) is 8.57. The molecule has 1 atom stereocenters. The smallest absolute Gasteiger partial charge is 0.262 e. The maximum absolute atomic E-state index is 12.8. The standard InChI is InChI=1S/C27H20N2O6/c1-15(29-26(32)19-5-3-4-6-20(19)27(29)33)25(31)28-17-9-7-16(8-10-17)24-14-22(30)21-13-18(34-2)11-12-23(21)35-24/h3-15H,1-2H3,(H,28,31). The largest absolute Gasteiger partial charge is 0.497 e.